The van der Waals surface area contributed by atoms with Gasteiger partial charge < -0.3 is 4.90 Å². The van der Waals surface area contributed by atoms with Crippen molar-refractivity contribution >= 4 is 21.8 Å². The van der Waals surface area contributed by atoms with Gasteiger partial charge in [0.25, 0.3) is 5.91 Å². The minimum Gasteiger partial charge on any atom is -0.338 e. The number of carbonyl (C=O) groups is 2. The normalized spacial score (nSPS) is 20.6. The van der Waals surface area contributed by atoms with Crippen LogP contribution in [0.15, 0.2) is 18.2 Å². The van der Waals surface area contributed by atoms with Gasteiger partial charge in [-0.3, -0.25) is 14.3 Å². The molecule has 1 aliphatic heterocycles. The standard InChI is InChI=1S/C16H20F2N2O4S/c1-3-6-25(23,24)19-15(22)16(2)4-5-20(10-16)14(21)11-7-12(17)9-13(18)8-11/h7-9H,3-6,10H2,1-2H3,(H,19,22). The molecule has 2 rings (SSSR count). The van der Waals surface area contributed by atoms with Crippen LogP contribution in [0.4, 0.5) is 8.78 Å². The Kier molecular flexibility index (Phi) is 5.46. The van der Waals surface area contributed by atoms with Crippen molar-refractivity contribution in [1.82, 2.24) is 9.62 Å². The molecule has 9 heteroatoms. The van der Waals surface area contributed by atoms with E-state index in [2.05, 4.69) is 0 Å². The molecule has 0 saturated carbocycles. The molecule has 138 valence electrons. The number of benzene rings is 1. The van der Waals surface area contributed by atoms with Gasteiger partial charge in [-0.25, -0.2) is 17.2 Å². The third kappa shape index (κ3) is 4.53. The van der Waals surface area contributed by atoms with Crippen molar-refractivity contribution in [1.29, 1.82) is 0 Å². The molecular formula is C16H20F2N2O4S. The first-order chi connectivity index (χ1) is 11.6. The Labute approximate surface area is 145 Å². The molecule has 0 aliphatic carbocycles. The van der Waals surface area contributed by atoms with Gasteiger partial charge in [0.15, 0.2) is 0 Å². The summed E-state index contributed by atoms with van der Waals surface area (Å²) >= 11 is 0. The zero-order chi connectivity index (χ0) is 18.8. The second-order valence-electron chi connectivity index (χ2n) is 6.45. The number of likely N-dealkylation sites (tertiary alicyclic amines) is 1. The first-order valence-electron chi connectivity index (χ1n) is 7.86. The van der Waals surface area contributed by atoms with E-state index in [9.17, 15) is 26.8 Å². The molecule has 1 fully saturated rings. The lowest BCUT2D eigenvalue weighted by molar-refractivity contribution is -0.127. The fraction of sp³-hybridized carbons (Fsp3) is 0.500. The van der Waals surface area contributed by atoms with Crippen molar-refractivity contribution < 1.29 is 26.8 Å². The zero-order valence-corrected chi connectivity index (χ0v) is 14.8. The van der Waals surface area contributed by atoms with Crippen molar-refractivity contribution in [2.75, 3.05) is 18.8 Å². The van der Waals surface area contributed by atoms with Gasteiger partial charge >= 0.3 is 0 Å². The predicted molar refractivity (Wildman–Crippen MR) is 87.2 cm³/mol. The summed E-state index contributed by atoms with van der Waals surface area (Å²) in [5.41, 5.74) is -1.23. The van der Waals surface area contributed by atoms with Crippen LogP contribution in [0, 0.1) is 17.0 Å². The van der Waals surface area contributed by atoms with Crippen LogP contribution in [0.2, 0.25) is 0 Å². The second kappa shape index (κ2) is 7.07. The van der Waals surface area contributed by atoms with Crippen LogP contribution in [0.3, 0.4) is 0 Å². The van der Waals surface area contributed by atoms with Gasteiger partial charge in [0.1, 0.15) is 11.6 Å². The zero-order valence-electron chi connectivity index (χ0n) is 14.0. The molecule has 2 amide bonds. The van der Waals surface area contributed by atoms with Crippen molar-refractivity contribution in [2.24, 2.45) is 5.41 Å². The summed E-state index contributed by atoms with van der Waals surface area (Å²) < 4.78 is 52.1. The number of hydrogen-bond donors (Lipinski definition) is 1. The highest BCUT2D eigenvalue weighted by Crippen LogP contribution is 2.31. The van der Waals surface area contributed by atoms with Crippen molar-refractivity contribution in [2.45, 2.75) is 26.7 Å². The maximum atomic E-state index is 13.3. The van der Waals surface area contributed by atoms with Gasteiger partial charge in [-0.2, -0.15) is 0 Å². The Morgan fingerprint density at radius 3 is 2.40 bits per heavy atom. The lowest BCUT2D eigenvalue weighted by Crippen LogP contribution is -2.44. The van der Waals surface area contributed by atoms with Gasteiger partial charge in [-0.05, 0) is 31.9 Å². The van der Waals surface area contributed by atoms with Gasteiger partial charge in [-0.15, -0.1) is 0 Å². The lowest BCUT2D eigenvalue weighted by Gasteiger charge is -2.23. The Bertz CT molecular complexity index is 777. The fourth-order valence-electron chi connectivity index (χ4n) is 2.76. The monoisotopic (exact) mass is 374 g/mol. The molecule has 1 N–H and O–H groups in total. The van der Waals surface area contributed by atoms with Crippen molar-refractivity contribution in [3.8, 4) is 0 Å². The highest BCUT2D eigenvalue weighted by atomic mass is 32.2. The third-order valence-corrected chi connectivity index (χ3v) is 5.58. The van der Waals surface area contributed by atoms with E-state index >= 15 is 0 Å². The van der Waals surface area contributed by atoms with Crippen LogP contribution in [0.5, 0.6) is 0 Å². The minimum absolute atomic E-state index is 0.0303. The Hall–Kier alpha value is -2.03. The van der Waals surface area contributed by atoms with Crippen molar-refractivity contribution in [3.63, 3.8) is 0 Å². The maximum Gasteiger partial charge on any atom is 0.254 e. The van der Waals surface area contributed by atoms with Crippen LogP contribution < -0.4 is 4.72 Å². The van der Waals surface area contributed by atoms with Crippen LogP contribution in [0.25, 0.3) is 0 Å². The minimum atomic E-state index is -3.71. The second-order valence-corrected chi connectivity index (χ2v) is 8.29. The number of halogens is 2. The number of nitrogens with one attached hydrogen (secondary N) is 1. The van der Waals surface area contributed by atoms with Crippen LogP contribution in [0.1, 0.15) is 37.0 Å². The SMILES string of the molecule is CCCS(=O)(=O)NC(=O)C1(C)CCN(C(=O)c2cc(F)cc(F)c2)C1. The topological polar surface area (TPSA) is 83.6 Å². The number of hydrogen-bond acceptors (Lipinski definition) is 4. The van der Waals surface area contributed by atoms with Gasteiger partial charge in [-0.1, -0.05) is 6.92 Å². The van der Waals surface area contributed by atoms with E-state index in [0.29, 0.717) is 12.5 Å². The molecule has 0 bridgehead atoms. The summed E-state index contributed by atoms with van der Waals surface area (Å²) in [5, 5.41) is 0. The Balaban J connectivity index is 2.11. The molecule has 25 heavy (non-hydrogen) atoms. The molecule has 1 unspecified atom stereocenters. The average Bonchev–Trinajstić information content (AvgIpc) is 2.89. The number of amides is 2. The maximum absolute atomic E-state index is 13.3. The number of nitrogens with zero attached hydrogens (tertiary/aromatic N) is 1. The summed E-state index contributed by atoms with van der Waals surface area (Å²) in [6.45, 7) is 3.40. The first kappa shape index (κ1) is 19.3. The molecule has 1 aliphatic rings. The van der Waals surface area contributed by atoms with Gasteiger partial charge in [0.05, 0.1) is 11.2 Å². The molecule has 1 saturated heterocycles. The van der Waals surface area contributed by atoms with Gasteiger partial charge in [0.2, 0.25) is 15.9 Å². The summed E-state index contributed by atoms with van der Waals surface area (Å²) in [7, 11) is -3.71. The van der Waals surface area contributed by atoms with E-state index in [1.54, 1.807) is 13.8 Å². The van der Waals surface area contributed by atoms with Gasteiger partial charge in [0, 0.05) is 24.7 Å². The predicted octanol–water partition coefficient (Wildman–Crippen LogP) is 1.67. The number of carbonyl (C=O) groups excluding carboxylic acids is 2. The molecule has 0 aromatic heterocycles. The molecule has 1 aromatic carbocycles. The summed E-state index contributed by atoms with van der Waals surface area (Å²) in [5.74, 6) is -3.18. The lowest BCUT2D eigenvalue weighted by atomic mass is 9.89. The Morgan fingerprint density at radius 1 is 1.24 bits per heavy atom. The molecule has 1 heterocycles. The highest BCUT2D eigenvalue weighted by Gasteiger charge is 2.43. The summed E-state index contributed by atoms with van der Waals surface area (Å²) in [6.07, 6.45) is 0.624. The number of rotatable bonds is 5. The van der Waals surface area contributed by atoms with Crippen LogP contribution in [-0.4, -0.2) is 44.0 Å². The molecule has 6 nitrogen and oxygen atoms in total. The van der Waals surface area contributed by atoms with E-state index in [0.717, 1.165) is 12.1 Å². The van der Waals surface area contributed by atoms with E-state index in [1.807, 2.05) is 4.72 Å². The van der Waals surface area contributed by atoms with Crippen molar-refractivity contribution in [3.05, 3.63) is 35.4 Å². The smallest absolute Gasteiger partial charge is 0.254 e. The third-order valence-electron chi connectivity index (χ3n) is 4.14. The molecule has 0 radical (unpaired) electrons. The molecule has 1 aromatic rings. The molecule has 0 spiro atoms. The summed E-state index contributed by atoms with van der Waals surface area (Å²) in [4.78, 5) is 26.0. The number of sulfonamides is 1. The van der Waals surface area contributed by atoms with E-state index in [4.69, 9.17) is 0 Å². The summed E-state index contributed by atoms with van der Waals surface area (Å²) in [6, 6.07) is 2.51. The molecule has 1 atom stereocenters. The molecular weight excluding hydrogens is 354 g/mol. The first-order valence-corrected chi connectivity index (χ1v) is 9.52. The average molecular weight is 374 g/mol. The van der Waals surface area contributed by atoms with Crippen LogP contribution in [-0.2, 0) is 14.8 Å². The van der Waals surface area contributed by atoms with E-state index in [1.165, 1.54) is 4.90 Å². The quantitative estimate of drug-likeness (QED) is 0.850. The van der Waals surface area contributed by atoms with E-state index in [-0.39, 0.29) is 30.8 Å². The highest BCUT2D eigenvalue weighted by molar-refractivity contribution is 7.90. The van der Waals surface area contributed by atoms with Crippen LogP contribution >= 0.6 is 0 Å². The fourth-order valence-corrected chi connectivity index (χ4v) is 3.93. The Morgan fingerprint density at radius 2 is 1.84 bits per heavy atom. The van der Waals surface area contributed by atoms with E-state index < -0.39 is 38.9 Å². The largest absolute Gasteiger partial charge is 0.338 e.